The van der Waals surface area contributed by atoms with Crippen molar-refractivity contribution in [2.45, 2.75) is 83.0 Å². The summed E-state index contributed by atoms with van der Waals surface area (Å²) < 4.78 is 0. The average Bonchev–Trinajstić information content (AvgIpc) is 2.76. The van der Waals surface area contributed by atoms with Crippen molar-refractivity contribution in [3.63, 3.8) is 0 Å². The zero-order chi connectivity index (χ0) is 21.9. The largest absolute Gasteiger partial charge is 0.371 e. The van der Waals surface area contributed by atoms with Gasteiger partial charge in [0.25, 0.3) is 0 Å². The normalized spacial score (nSPS) is 11.0. The minimum Gasteiger partial charge on any atom is -0.371 e. The maximum absolute atomic E-state index is 4.56. The SMILES string of the molecule is C=Cc1cc(N(CCCSCCCCCC)CCCSCCCCCC)ccc1S. The van der Waals surface area contributed by atoms with E-state index in [9.17, 15) is 0 Å². The summed E-state index contributed by atoms with van der Waals surface area (Å²) in [6, 6.07) is 6.60. The molecule has 0 aromatic heterocycles. The van der Waals surface area contributed by atoms with Crippen molar-refractivity contribution in [1.29, 1.82) is 0 Å². The Bertz CT molecular complexity index is 527. The molecule has 0 saturated carbocycles. The minimum absolute atomic E-state index is 1.01. The summed E-state index contributed by atoms with van der Waals surface area (Å²) in [5, 5.41) is 0. The number of benzene rings is 1. The lowest BCUT2D eigenvalue weighted by molar-refractivity contribution is 0.705. The molecule has 30 heavy (non-hydrogen) atoms. The Labute approximate surface area is 201 Å². The standard InChI is InChI=1S/C26H45NS3/c1-4-7-9-11-19-29-21-13-17-27(18-14-22-30-20-12-10-8-5-2)25-15-16-26(28)24(6-3)23-25/h6,15-16,23,28H,3-5,7-14,17-22H2,1-2H3. The van der Waals surface area contributed by atoms with Crippen molar-refractivity contribution in [2.75, 3.05) is 41.0 Å². The van der Waals surface area contributed by atoms with Crippen molar-refractivity contribution in [3.8, 4) is 0 Å². The first kappa shape index (κ1) is 27.8. The molecule has 0 amide bonds. The number of hydrogen-bond acceptors (Lipinski definition) is 4. The Morgan fingerprint density at radius 2 is 1.33 bits per heavy atom. The molecular formula is C26H45NS3. The van der Waals surface area contributed by atoms with Crippen molar-refractivity contribution in [2.24, 2.45) is 0 Å². The molecule has 1 nitrogen and oxygen atoms in total. The van der Waals surface area contributed by atoms with Gasteiger partial charge in [-0.25, -0.2) is 0 Å². The van der Waals surface area contributed by atoms with E-state index >= 15 is 0 Å². The molecule has 0 aliphatic carbocycles. The summed E-state index contributed by atoms with van der Waals surface area (Å²) >= 11 is 8.83. The van der Waals surface area contributed by atoms with Crippen LogP contribution in [0.3, 0.4) is 0 Å². The van der Waals surface area contributed by atoms with Gasteiger partial charge in [0.15, 0.2) is 0 Å². The fourth-order valence-corrected chi connectivity index (χ4v) is 5.57. The first-order chi connectivity index (χ1) is 14.7. The number of unbranched alkanes of at least 4 members (excludes halogenated alkanes) is 6. The van der Waals surface area contributed by atoms with E-state index in [0.717, 1.165) is 23.5 Å². The summed E-state index contributed by atoms with van der Waals surface area (Å²) in [6.07, 6.45) is 15.4. The predicted octanol–water partition coefficient (Wildman–Crippen LogP) is 8.83. The number of rotatable bonds is 20. The van der Waals surface area contributed by atoms with E-state index in [0.29, 0.717) is 0 Å². The van der Waals surface area contributed by atoms with Crippen LogP contribution in [0.5, 0.6) is 0 Å². The van der Waals surface area contributed by atoms with E-state index in [4.69, 9.17) is 0 Å². The van der Waals surface area contributed by atoms with Gasteiger partial charge in [0.2, 0.25) is 0 Å². The molecule has 0 atom stereocenters. The van der Waals surface area contributed by atoms with Crippen LogP contribution in [0, 0.1) is 0 Å². The molecule has 0 spiro atoms. The number of thiol groups is 1. The monoisotopic (exact) mass is 467 g/mol. The molecule has 0 saturated heterocycles. The maximum Gasteiger partial charge on any atom is 0.0373 e. The van der Waals surface area contributed by atoms with Gasteiger partial charge in [-0.2, -0.15) is 23.5 Å². The van der Waals surface area contributed by atoms with Crippen LogP contribution in [0.25, 0.3) is 6.08 Å². The van der Waals surface area contributed by atoms with Gasteiger partial charge in [0, 0.05) is 23.7 Å². The predicted molar refractivity (Wildman–Crippen MR) is 148 cm³/mol. The second-order valence-electron chi connectivity index (χ2n) is 7.99. The molecule has 0 radical (unpaired) electrons. The third-order valence-corrected chi connectivity index (χ3v) is 8.03. The van der Waals surface area contributed by atoms with Crippen molar-refractivity contribution < 1.29 is 0 Å². The fraction of sp³-hybridized carbons (Fsp3) is 0.692. The topological polar surface area (TPSA) is 3.24 Å². The van der Waals surface area contributed by atoms with Gasteiger partial charge in [-0.15, -0.1) is 12.6 Å². The van der Waals surface area contributed by atoms with Gasteiger partial charge in [0.1, 0.15) is 0 Å². The highest BCUT2D eigenvalue weighted by Crippen LogP contribution is 2.24. The van der Waals surface area contributed by atoms with Gasteiger partial charge in [-0.1, -0.05) is 65.0 Å². The van der Waals surface area contributed by atoms with E-state index in [-0.39, 0.29) is 0 Å². The Morgan fingerprint density at radius 1 is 0.800 bits per heavy atom. The fourth-order valence-electron chi connectivity index (χ4n) is 3.45. The van der Waals surface area contributed by atoms with Gasteiger partial charge >= 0.3 is 0 Å². The Hall–Kier alpha value is -0.190. The van der Waals surface area contributed by atoms with Crippen LogP contribution in [0.4, 0.5) is 5.69 Å². The lowest BCUT2D eigenvalue weighted by Crippen LogP contribution is -2.26. The summed E-state index contributed by atoms with van der Waals surface area (Å²) in [6.45, 7) is 10.8. The first-order valence-corrected chi connectivity index (χ1v) is 14.8. The molecule has 1 aromatic rings. The van der Waals surface area contributed by atoms with E-state index in [1.165, 1.54) is 92.9 Å². The Morgan fingerprint density at radius 3 is 1.83 bits per heavy atom. The molecule has 1 rings (SSSR count). The maximum atomic E-state index is 4.56. The molecule has 0 aliphatic heterocycles. The van der Waals surface area contributed by atoms with Crippen LogP contribution < -0.4 is 4.90 Å². The van der Waals surface area contributed by atoms with Crippen LogP contribution in [0.1, 0.15) is 83.6 Å². The van der Waals surface area contributed by atoms with Gasteiger partial charge in [-0.3, -0.25) is 0 Å². The van der Waals surface area contributed by atoms with Crippen LogP contribution in [0.15, 0.2) is 29.7 Å². The smallest absolute Gasteiger partial charge is 0.0373 e. The quantitative estimate of drug-likeness (QED) is 0.151. The third-order valence-electron chi connectivity index (χ3n) is 5.31. The first-order valence-electron chi connectivity index (χ1n) is 12.1. The lowest BCUT2D eigenvalue weighted by Gasteiger charge is -2.25. The zero-order valence-electron chi connectivity index (χ0n) is 19.5. The highest BCUT2D eigenvalue weighted by Gasteiger charge is 2.08. The summed E-state index contributed by atoms with van der Waals surface area (Å²) in [7, 11) is 0. The molecule has 172 valence electrons. The highest BCUT2D eigenvalue weighted by atomic mass is 32.2. The number of anilines is 1. The van der Waals surface area contributed by atoms with Crippen LogP contribution in [-0.2, 0) is 0 Å². The van der Waals surface area contributed by atoms with Crippen LogP contribution in [-0.4, -0.2) is 36.1 Å². The molecule has 4 heteroatoms. The number of nitrogens with zero attached hydrogens (tertiary/aromatic N) is 1. The summed E-state index contributed by atoms with van der Waals surface area (Å²) in [5.41, 5.74) is 2.46. The highest BCUT2D eigenvalue weighted by molar-refractivity contribution is 7.99. The van der Waals surface area contributed by atoms with Crippen molar-refractivity contribution in [3.05, 3.63) is 30.3 Å². The third kappa shape index (κ3) is 13.3. The van der Waals surface area contributed by atoms with Crippen molar-refractivity contribution in [1.82, 2.24) is 0 Å². The zero-order valence-corrected chi connectivity index (χ0v) is 22.1. The molecule has 0 bridgehead atoms. The molecule has 0 heterocycles. The van der Waals surface area contributed by atoms with Crippen LogP contribution >= 0.6 is 36.2 Å². The van der Waals surface area contributed by atoms with Crippen molar-refractivity contribution >= 4 is 47.9 Å². The Kier molecular flexibility index (Phi) is 18.1. The summed E-state index contributed by atoms with van der Waals surface area (Å²) in [5.74, 6) is 5.19. The van der Waals surface area contributed by atoms with Crippen LogP contribution in [0.2, 0.25) is 0 Å². The van der Waals surface area contributed by atoms with E-state index < -0.39 is 0 Å². The number of thioether (sulfide) groups is 2. The van der Waals surface area contributed by atoms with E-state index in [1.807, 2.05) is 6.08 Å². The second kappa shape index (κ2) is 19.5. The van der Waals surface area contributed by atoms with Gasteiger partial charge < -0.3 is 4.90 Å². The Balaban J connectivity index is 2.41. The molecule has 0 fully saturated rings. The van der Waals surface area contributed by atoms with E-state index in [2.05, 4.69) is 79.7 Å². The average molecular weight is 468 g/mol. The molecular weight excluding hydrogens is 422 g/mol. The lowest BCUT2D eigenvalue weighted by atomic mass is 10.1. The molecule has 1 aromatic carbocycles. The second-order valence-corrected chi connectivity index (χ2v) is 10.9. The van der Waals surface area contributed by atoms with E-state index in [1.54, 1.807) is 0 Å². The summed E-state index contributed by atoms with van der Waals surface area (Å²) in [4.78, 5) is 3.59. The van der Waals surface area contributed by atoms with Gasteiger partial charge in [0.05, 0.1) is 0 Å². The molecule has 0 N–H and O–H groups in total. The minimum atomic E-state index is 1.01. The number of hydrogen-bond donors (Lipinski definition) is 1. The van der Waals surface area contributed by atoms with Gasteiger partial charge in [-0.05, 0) is 72.5 Å². The molecule has 0 aliphatic rings. The molecule has 0 unspecified atom stereocenters.